The standard InChI is InChI=1S/C23H31N7O4/c1-33-19-14-17(8-9-18(19)34-16-20(31)32)15-24-28-21-25-22(29-10-4-2-5-11-29)27-23(26-21)30-12-6-3-7-13-30/h8-9,14-15H,2-7,10-13,16H2,1H3,(H,31,32)(H,25,26,27,28)/b24-15-. The van der Waals surface area contributed by atoms with Crippen LogP contribution in [0.15, 0.2) is 23.3 Å². The van der Waals surface area contributed by atoms with Crippen LogP contribution in [-0.2, 0) is 4.79 Å². The molecular formula is C23H31N7O4. The van der Waals surface area contributed by atoms with Crippen molar-refractivity contribution in [3.8, 4) is 11.5 Å². The smallest absolute Gasteiger partial charge is 0.341 e. The van der Waals surface area contributed by atoms with Gasteiger partial charge in [0.15, 0.2) is 18.1 Å². The molecule has 1 aromatic carbocycles. The zero-order valence-electron chi connectivity index (χ0n) is 19.4. The molecule has 0 saturated carbocycles. The summed E-state index contributed by atoms with van der Waals surface area (Å²) in [4.78, 5) is 29.2. The largest absolute Gasteiger partial charge is 0.493 e. The first-order valence-corrected chi connectivity index (χ1v) is 11.7. The van der Waals surface area contributed by atoms with Crippen molar-refractivity contribution in [1.82, 2.24) is 15.0 Å². The van der Waals surface area contributed by atoms with E-state index in [-0.39, 0.29) is 0 Å². The fourth-order valence-corrected chi connectivity index (χ4v) is 4.06. The van der Waals surface area contributed by atoms with E-state index in [1.807, 2.05) is 0 Å². The number of carboxylic acid groups (broad SMARTS) is 1. The quantitative estimate of drug-likeness (QED) is 0.418. The summed E-state index contributed by atoms with van der Waals surface area (Å²) in [6.07, 6.45) is 8.65. The highest BCUT2D eigenvalue weighted by atomic mass is 16.5. The van der Waals surface area contributed by atoms with Crippen LogP contribution in [0.3, 0.4) is 0 Å². The highest BCUT2D eigenvalue weighted by Crippen LogP contribution is 2.27. The van der Waals surface area contributed by atoms with Crippen molar-refractivity contribution in [3.05, 3.63) is 23.8 Å². The first-order valence-electron chi connectivity index (χ1n) is 11.7. The number of methoxy groups -OCH3 is 1. The molecule has 0 unspecified atom stereocenters. The first-order chi connectivity index (χ1) is 16.6. The third kappa shape index (κ3) is 6.24. The Balaban J connectivity index is 1.50. The Hall–Kier alpha value is -3.63. The molecule has 34 heavy (non-hydrogen) atoms. The monoisotopic (exact) mass is 469 g/mol. The van der Waals surface area contributed by atoms with Crippen LogP contribution < -0.4 is 24.7 Å². The van der Waals surface area contributed by atoms with Crippen LogP contribution in [-0.4, -0.2) is 72.1 Å². The molecule has 182 valence electrons. The summed E-state index contributed by atoms with van der Waals surface area (Å²) in [5.41, 5.74) is 3.69. The molecule has 0 amide bonds. The SMILES string of the molecule is COc1cc(/C=N\Nc2nc(N3CCCCC3)nc(N3CCCCC3)n2)ccc1OCC(=O)O. The van der Waals surface area contributed by atoms with Gasteiger partial charge >= 0.3 is 5.97 Å². The fraction of sp³-hybridized carbons (Fsp3) is 0.522. The van der Waals surface area contributed by atoms with Gasteiger partial charge in [-0.2, -0.15) is 20.1 Å². The Kier molecular flexibility index (Phi) is 7.95. The van der Waals surface area contributed by atoms with E-state index < -0.39 is 12.6 Å². The summed E-state index contributed by atoms with van der Waals surface area (Å²) in [5.74, 6) is 1.50. The predicted octanol–water partition coefficient (Wildman–Crippen LogP) is 2.77. The number of aromatic nitrogens is 3. The second-order valence-corrected chi connectivity index (χ2v) is 8.32. The van der Waals surface area contributed by atoms with Gasteiger partial charge in [-0.3, -0.25) is 0 Å². The van der Waals surface area contributed by atoms with Gasteiger partial charge in [0.05, 0.1) is 13.3 Å². The van der Waals surface area contributed by atoms with Crippen molar-refractivity contribution in [3.63, 3.8) is 0 Å². The minimum atomic E-state index is -1.05. The number of rotatable bonds is 9. The van der Waals surface area contributed by atoms with Crippen molar-refractivity contribution in [2.45, 2.75) is 38.5 Å². The highest BCUT2D eigenvalue weighted by molar-refractivity contribution is 5.81. The molecular weight excluding hydrogens is 438 g/mol. The average molecular weight is 470 g/mol. The molecule has 0 spiro atoms. The molecule has 0 radical (unpaired) electrons. The lowest BCUT2D eigenvalue weighted by Gasteiger charge is -2.30. The molecule has 11 heteroatoms. The minimum Gasteiger partial charge on any atom is -0.493 e. The molecule has 2 aliphatic heterocycles. The molecule has 0 atom stereocenters. The molecule has 0 aliphatic carbocycles. The number of nitrogens with one attached hydrogen (secondary N) is 1. The molecule has 2 fully saturated rings. The maximum absolute atomic E-state index is 10.7. The van der Waals surface area contributed by atoms with Crippen LogP contribution in [0.1, 0.15) is 44.1 Å². The van der Waals surface area contributed by atoms with Gasteiger partial charge in [-0.25, -0.2) is 10.2 Å². The normalized spacial score (nSPS) is 16.5. The van der Waals surface area contributed by atoms with E-state index in [4.69, 9.17) is 19.6 Å². The molecule has 2 saturated heterocycles. The van der Waals surface area contributed by atoms with E-state index in [1.165, 1.54) is 20.0 Å². The number of hydrogen-bond acceptors (Lipinski definition) is 10. The average Bonchev–Trinajstić information content (AvgIpc) is 2.88. The summed E-state index contributed by atoms with van der Waals surface area (Å²) < 4.78 is 10.5. The van der Waals surface area contributed by atoms with Crippen molar-refractivity contribution >= 4 is 30.0 Å². The number of ether oxygens (including phenoxy) is 2. The number of carboxylic acids is 1. The van der Waals surface area contributed by atoms with E-state index in [1.54, 1.807) is 24.4 Å². The summed E-state index contributed by atoms with van der Waals surface area (Å²) in [6.45, 7) is 3.35. The molecule has 2 N–H and O–H groups in total. The molecule has 0 bridgehead atoms. The number of nitrogens with zero attached hydrogens (tertiary/aromatic N) is 6. The fourth-order valence-electron chi connectivity index (χ4n) is 4.06. The summed E-state index contributed by atoms with van der Waals surface area (Å²) >= 11 is 0. The number of aliphatic carboxylic acids is 1. The van der Waals surface area contributed by atoms with Crippen molar-refractivity contribution in [2.24, 2.45) is 5.10 Å². The third-order valence-corrected chi connectivity index (χ3v) is 5.81. The van der Waals surface area contributed by atoms with Crippen LogP contribution >= 0.6 is 0 Å². The highest BCUT2D eigenvalue weighted by Gasteiger charge is 2.20. The van der Waals surface area contributed by atoms with Gasteiger partial charge in [0.1, 0.15) is 0 Å². The Morgan fingerprint density at radius 2 is 1.62 bits per heavy atom. The van der Waals surface area contributed by atoms with Gasteiger partial charge in [0.25, 0.3) is 0 Å². The lowest BCUT2D eigenvalue weighted by molar-refractivity contribution is -0.139. The van der Waals surface area contributed by atoms with Crippen molar-refractivity contribution in [2.75, 3.05) is 55.1 Å². The van der Waals surface area contributed by atoms with Crippen molar-refractivity contribution in [1.29, 1.82) is 0 Å². The van der Waals surface area contributed by atoms with E-state index in [2.05, 4.69) is 30.3 Å². The van der Waals surface area contributed by atoms with E-state index >= 15 is 0 Å². The predicted molar refractivity (Wildman–Crippen MR) is 129 cm³/mol. The molecule has 2 aromatic rings. The Morgan fingerprint density at radius 3 is 2.18 bits per heavy atom. The molecule has 3 heterocycles. The van der Waals surface area contributed by atoms with Gasteiger partial charge in [0, 0.05) is 26.2 Å². The van der Waals surface area contributed by atoms with Crippen LogP contribution in [0.4, 0.5) is 17.8 Å². The van der Waals surface area contributed by atoms with Crippen LogP contribution in [0.5, 0.6) is 11.5 Å². The maximum atomic E-state index is 10.7. The van der Waals surface area contributed by atoms with Crippen LogP contribution in [0.25, 0.3) is 0 Å². The number of carbonyl (C=O) groups is 1. The molecule has 2 aliphatic rings. The van der Waals surface area contributed by atoms with Crippen molar-refractivity contribution < 1.29 is 19.4 Å². The minimum absolute atomic E-state index is 0.352. The summed E-state index contributed by atoms with van der Waals surface area (Å²) in [5, 5.41) is 13.1. The Morgan fingerprint density at radius 1 is 1.00 bits per heavy atom. The maximum Gasteiger partial charge on any atom is 0.341 e. The summed E-state index contributed by atoms with van der Waals surface area (Å²) in [7, 11) is 1.50. The second-order valence-electron chi connectivity index (χ2n) is 8.32. The van der Waals surface area contributed by atoms with E-state index in [0.717, 1.165) is 57.4 Å². The molecule has 1 aromatic heterocycles. The van der Waals surface area contributed by atoms with E-state index in [0.29, 0.717) is 29.3 Å². The van der Waals surface area contributed by atoms with Gasteiger partial charge in [-0.05, 0) is 62.3 Å². The number of piperidine rings is 2. The zero-order chi connectivity index (χ0) is 23.8. The van der Waals surface area contributed by atoms with Gasteiger partial charge in [-0.15, -0.1) is 0 Å². The number of anilines is 3. The number of benzene rings is 1. The van der Waals surface area contributed by atoms with Gasteiger partial charge in [0.2, 0.25) is 17.8 Å². The second kappa shape index (κ2) is 11.5. The zero-order valence-corrected chi connectivity index (χ0v) is 19.4. The Labute approximate surface area is 198 Å². The first kappa shape index (κ1) is 23.5. The number of hydrazone groups is 1. The van der Waals surface area contributed by atoms with Gasteiger partial charge in [-0.1, -0.05) is 0 Å². The number of hydrogen-bond donors (Lipinski definition) is 2. The van der Waals surface area contributed by atoms with Crippen LogP contribution in [0, 0.1) is 0 Å². The molecule has 4 rings (SSSR count). The van der Waals surface area contributed by atoms with E-state index in [9.17, 15) is 4.79 Å². The summed E-state index contributed by atoms with van der Waals surface area (Å²) in [6, 6.07) is 5.12. The topological polar surface area (TPSA) is 125 Å². The third-order valence-electron chi connectivity index (χ3n) is 5.81. The molecule has 11 nitrogen and oxygen atoms in total. The van der Waals surface area contributed by atoms with Crippen LogP contribution in [0.2, 0.25) is 0 Å². The van der Waals surface area contributed by atoms with Gasteiger partial charge < -0.3 is 24.4 Å². The Bertz CT molecular complexity index is 969. The lowest BCUT2D eigenvalue weighted by Crippen LogP contribution is -2.34. The lowest BCUT2D eigenvalue weighted by atomic mass is 10.1.